The molecular formula is C18H37IN4O2. The first kappa shape index (κ1) is 24.4. The molecule has 0 aromatic heterocycles. The number of rotatable bonds is 9. The van der Waals surface area contributed by atoms with Crippen molar-refractivity contribution in [3.8, 4) is 0 Å². The molecule has 0 aliphatic heterocycles. The molecule has 1 rings (SSSR count). The number of amides is 1. The van der Waals surface area contributed by atoms with Gasteiger partial charge in [0, 0.05) is 32.6 Å². The summed E-state index contributed by atoms with van der Waals surface area (Å²) in [4.78, 5) is 15.9. The van der Waals surface area contributed by atoms with E-state index in [-0.39, 0.29) is 35.9 Å². The molecule has 148 valence electrons. The summed E-state index contributed by atoms with van der Waals surface area (Å²) >= 11 is 0. The normalized spacial score (nSPS) is 17.2. The fourth-order valence-corrected chi connectivity index (χ4v) is 2.77. The van der Waals surface area contributed by atoms with Crippen LogP contribution < -0.4 is 16.0 Å². The Balaban J connectivity index is 0.00000576. The van der Waals surface area contributed by atoms with Crippen LogP contribution in [0.4, 0.5) is 0 Å². The third-order valence-corrected chi connectivity index (χ3v) is 4.44. The van der Waals surface area contributed by atoms with Crippen molar-refractivity contribution in [3.63, 3.8) is 0 Å². The zero-order valence-corrected chi connectivity index (χ0v) is 18.4. The van der Waals surface area contributed by atoms with Crippen molar-refractivity contribution < 1.29 is 9.53 Å². The molecule has 7 heteroatoms. The Morgan fingerprint density at radius 2 is 1.80 bits per heavy atom. The standard InChI is InChI=1S/C18H36N4O2.HI/c1-4-15(2)22-17(23)11-12-20-18(19-3)21-13-14-24-16-9-7-5-6-8-10-16;/h15-16H,4-14H2,1-3H3,(H,22,23)(H2,19,20,21);1H. The number of aliphatic imine (C=N–C) groups is 1. The van der Waals surface area contributed by atoms with Gasteiger partial charge in [-0.25, -0.2) is 0 Å². The number of ether oxygens (including phenoxy) is 1. The molecule has 25 heavy (non-hydrogen) atoms. The summed E-state index contributed by atoms with van der Waals surface area (Å²) in [6, 6.07) is 0.232. The van der Waals surface area contributed by atoms with Crippen LogP contribution in [-0.4, -0.2) is 50.8 Å². The smallest absolute Gasteiger partial charge is 0.221 e. The van der Waals surface area contributed by atoms with Crippen LogP contribution in [-0.2, 0) is 9.53 Å². The topological polar surface area (TPSA) is 74.8 Å². The molecule has 0 aromatic carbocycles. The van der Waals surface area contributed by atoms with Crippen molar-refractivity contribution in [1.82, 2.24) is 16.0 Å². The molecule has 0 saturated heterocycles. The molecule has 0 spiro atoms. The molecule has 1 amide bonds. The lowest BCUT2D eigenvalue weighted by atomic mass is 10.1. The average Bonchev–Trinajstić information content (AvgIpc) is 2.85. The number of carbonyl (C=O) groups is 1. The Morgan fingerprint density at radius 3 is 2.40 bits per heavy atom. The predicted octanol–water partition coefficient (Wildman–Crippen LogP) is 2.81. The van der Waals surface area contributed by atoms with Gasteiger partial charge in [0.15, 0.2) is 5.96 Å². The van der Waals surface area contributed by atoms with Crippen molar-refractivity contribution in [2.45, 2.75) is 77.4 Å². The number of nitrogens with one attached hydrogen (secondary N) is 3. The monoisotopic (exact) mass is 468 g/mol. The molecule has 0 radical (unpaired) electrons. The molecule has 1 saturated carbocycles. The van der Waals surface area contributed by atoms with E-state index in [2.05, 4.69) is 27.9 Å². The van der Waals surface area contributed by atoms with E-state index in [0.717, 1.165) is 18.9 Å². The molecule has 1 aliphatic rings. The highest BCUT2D eigenvalue weighted by Crippen LogP contribution is 2.19. The van der Waals surface area contributed by atoms with Gasteiger partial charge in [0.1, 0.15) is 0 Å². The molecule has 1 fully saturated rings. The van der Waals surface area contributed by atoms with Gasteiger partial charge < -0.3 is 20.7 Å². The highest BCUT2D eigenvalue weighted by Gasteiger charge is 2.12. The highest BCUT2D eigenvalue weighted by atomic mass is 127. The van der Waals surface area contributed by atoms with Crippen molar-refractivity contribution in [1.29, 1.82) is 0 Å². The van der Waals surface area contributed by atoms with Crippen LogP contribution >= 0.6 is 24.0 Å². The predicted molar refractivity (Wildman–Crippen MR) is 115 cm³/mol. The lowest BCUT2D eigenvalue weighted by Gasteiger charge is -2.17. The van der Waals surface area contributed by atoms with Gasteiger partial charge in [-0.1, -0.05) is 32.6 Å². The van der Waals surface area contributed by atoms with Gasteiger partial charge >= 0.3 is 0 Å². The van der Waals surface area contributed by atoms with E-state index in [0.29, 0.717) is 25.7 Å². The minimum absolute atomic E-state index is 0. The number of hydrogen-bond donors (Lipinski definition) is 3. The first-order chi connectivity index (χ1) is 11.7. The molecule has 1 aliphatic carbocycles. The van der Waals surface area contributed by atoms with E-state index in [9.17, 15) is 4.79 Å². The van der Waals surface area contributed by atoms with Gasteiger partial charge in [0.25, 0.3) is 0 Å². The number of nitrogens with zero attached hydrogens (tertiary/aromatic N) is 1. The lowest BCUT2D eigenvalue weighted by Crippen LogP contribution is -2.41. The zero-order valence-electron chi connectivity index (χ0n) is 16.1. The minimum atomic E-state index is 0. The second-order valence-electron chi connectivity index (χ2n) is 6.54. The van der Waals surface area contributed by atoms with Crippen LogP contribution in [0.1, 0.15) is 65.2 Å². The number of guanidine groups is 1. The van der Waals surface area contributed by atoms with Crippen molar-refractivity contribution >= 4 is 35.8 Å². The molecular weight excluding hydrogens is 431 g/mol. The molecule has 0 heterocycles. The summed E-state index contributed by atoms with van der Waals surface area (Å²) in [6.07, 6.45) is 9.48. The SMILES string of the molecule is CCC(C)NC(=O)CCNC(=NC)NCCOC1CCCCCC1.I. The Morgan fingerprint density at radius 1 is 1.16 bits per heavy atom. The van der Waals surface area contributed by atoms with Gasteiger partial charge in [-0.2, -0.15) is 0 Å². The summed E-state index contributed by atoms with van der Waals surface area (Å²) < 4.78 is 5.95. The van der Waals surface area contributed by atoms with E-state index >= 15 is 0 Å². The number of hydrogen-bond acceptors (Lipinski definition) is 3. The molecule has 6 nitrogen and oxygen atoms in total. The molecule has 0 bridgehead atoms. The van der Waals surface area contributed by atoms with E-state index in [1.807, 2.05) is 6.92 Å². The quantitative estimate of drug-likeness (QED) is 0.160. The van der Waals surface area contributed by atoms with Gasteiger partial charge in [-0.3, -0.25) is 9.79 Å². The Bertz CT molecular complexity index is 372. The summed E-state index contributed by atoms with van der Waals surface area (Å²) in [5.41, 5.74) is 0. The fourth-order valence-electron chi connectivity index (χ4n) is 2.77. The van der Waals surface area contributed by atoms with Crippen molar-refractivity contribution in [3.05, 3.63) is 0 Å². The van der Waals surface area contributed by atoms with Gasteiger partial charge in [-0.05, 0) is 26.2 Å². The highest BCUT2D eigenvalue weighted by molar-refractivity contribution is 14.0. The van der Waals surface area contributed by atoms with Crippen molar-refractivity contribution in [2.75, 3.05) is 26.7 Å². The molecule has 3 N–H and O–H groups in total. The van der Waals surface area contributed by atoms with Crippen molar-refractivity contribution in [2.24, 2.45) is 4.99 Å². The van der Waals surface area contributed by atoms with E-state index < -0.39 is 0 Å². The van der Waals surface area contributed by atoms with Gasteiger partial charge in [-0.15, -0.1) is 24.0 Å². The first-order valence-corrected chi connectivity index (χ1v) is 9.51. The maximum absolute atomic E-state index is 11.7. The molecule has 0 aromatic rings. The fraction of sp³-hybridized carbons (Fsp3) is 0.889. The van der Waals surface area contributed by atoms with Crippen LogP contribution in [0.3, 0.4) is 0 Å². The second kappa shape index (κ2) is 15.7. The zero-order chi connectivity index (χ0) is 17.6. The Kier molecular flexibility index (Phi) is 15.3. The van der Waals surface area contributed by atoms with Crippen LogP contribution in [0.2, 0.25) is 0 Å². The Labute approximate surface area is 170 Å². The summed E-state index contributed by atoms with van der Waals surface area (Å²) in [7, 11) is 1.74. The number of carbonyl (C=O) groups excluding carboxylic acids is 1. The minimum Gasteiger partial charge on any atom is -0.376 e. The third kappa shape index (κ3) is 12.4. The van der Waals surface area contributed by atoms with Crippen LogP contribution in [0.15, 0.2) is 4.99 Å². The van der Waals surface area contributed by atoms with Crippen LogP contribution in [0.25, 0.3) is 0 Å². The Hall–Kier alpha value is -0.570. The maximum atomic E-state index is 11.7. The van der Waals surface area contributed by atoms with E-state index in [1.165, 1.54) is 38.5 Å². The second-order valence-corrected chi connectivity index (χ2v) is 6.54. The van der Waals surface area contributed by atoms with E-state index in [1.54, 1.807) is 7.05 Å². The summed E-state index contributed by atoms with van der Waals surface area (Å²) in [5, 5.41) is 9.35. The number of halogens is 1. The van der Waals surface area contributed by atoms with Gasteiger partial charge in [0.2, 0.25) is 5.91 Å². The lowest BCUT2D eigenvalue weighted by molar-refractivity contribution is -0.121. The van der Waals surface area contributed by atoms with E-state index in [4.69, 9.17) is 4.74 Å². The largest absolute Gasteiger partial charge is 0.376 e. The average molecular weight is 468 g/mol. The molecule has 1 unspecified atom stereocenters. The maximum Gasteiger partial charge on any atom is 0.221 e. The summed E-state index contributed by atoms with van der Waals surface area (Å²) in [5.74, 6) is 0.791. The van der Waals surface area contributed by atoms with Crippen LogP contribution in [0.5, 0.6) is 0 Å². The van der Waals surface area contributed by atoms with Crippen LogP contribution in [0, 0.1) is 0 Å². The summed E-state index contributed by atoms with van der Waals surface area (Å²) in [6.45, 7) is 6.08. The molecule has 1 atom stereocenters. The first-order valence-electron chi connectivity index (χ1n) is 9.51. The van der Waals surface area contributed by atoms with Gasteiger partial charge in [0.05, 0.1) is 12.7 Å². The third-order valence-electron chi connectivity index (χ3n) is 4.44.